The van der Waals surface area contributed by atoms with Gasteiger partial charge < -0.3 is 14.8 Å². The Morgan fingerprint density at radius 3 is 2.15 bits per heavy atom. The highest BCUT2D eigenvalue weighted by Gasteiger charge is 2.14. The van der Waals surface area contributed by atoms with Crippen LogP contribution in [0.2, 0.25) is 0 Å². The molecule has 0 saturated carbocycles. The molecule has 0 unspecified atom stereocenters. The molecule has 9 nitrogen and oxygen atoms in total. The summed E-state index contributed by atoms with van der Waals surface area (Å²) in [6.45, 7) is 1.07. The summed E-state index contributed by atoms with van der Waals surface area (Å²) in [5.41, 5.74) is 1.24. The van der Waals surface area contributed by atoms with Gasteiger partial charge in [-0.3, -0.25) is 14.9 Å². The van der Waals surface area contributed by atoms with Crippen LogP contribution < -0.4 is 5.32 Å². The van der Waals surface area contributed by atoms with Crippen molar-refractivity contribution in [3.8, 4) is 0 Å². The topological polar surface area (TPSA) is 125 Å². The first-order chi connectivity index (χ1) is 12.8. The highest BCUT2D eigenvalue weighted by Crippen LogP contribution is 2.21. The SMILES string of the molecule is COC(=O)c1ccc(C(=O)OCC(=O)Nc2ccc([N+](=O)[O-])cc2C)cc1. The predicted octanol–water partition coefficient (Wildman–Crippen LogP) is 2.49. The molecule has 0 aliphatic carbocycles. The first-order valence-corrected chi connectivity index (χ1v) is 7.72. The Morgan fingerprint density at radius 1 is 1.04 bits per heavy atom. The molecule has 0 radical (unpaired) electrons. The quantitative estimate of drug-likeness (QED) is 0.469. The molecule has 0 heterocycles. The summed E-state index contributed by atoms with van der Waals surface area (Å²) >= 11 is 0. The number of amides is 1. The predicted molar refractivity (Wildman–Crippen MR) is 94.5 cm³/mol. The van der Waals surface area contributed by atoms with E-state index in [1.54, 1.807) is 6.92 Å². The molecule has 27 heavy (non-hydrogen) atoms. The molecule has 2 rings (SSSR count). The average molecular weight is 372 g/mol. The van der Waals surface area contributed by atoms with Crippen molar-refractivity contribution in [2.45, 2.75) is 6.92 Å². The number of carbonyl (C=O) groups excluding carboxylic acids is 3. The normalized spacial score (nSPS) is 10.0. The Kier molecular flexibility index (Phi) is 6.21. The van der Waals surface area contributed by atoms with Gasteiger partial charge in [0.05, 0.1) is 23.2 Å². The molecule has 140 valence electrons. The van der Waals surface area contributed by atoms with E-state index in [9.17, 15) is 24.5 Å². The van der Waals surface area contributed by atoms with E-state index >= 15 is 0 Å². The van der Waals surface area contributed by atoms with E-state index in [1.807, 2.05) is 0 Å². The lowest BCUT2D eigenvalue weighted by Gasteiger charge is -2.09. The maximum Gasteiger partial charge on any atom is 0.338 e. The van der Waals surface area contributed by atoms with Crippen molar-refractivity contribution < 1.29 is 28.8 Å². The lowest BCUT2D eigenvalue weighted by molar-refractivity contribution is -0.384. The third-order valence-corrected chi connectivity index (χ3v) is 3.57. The van der Waals surface area contributed by atoms with Gasteiger partial charge >= 0.3 is 11.9 Å². The minimum atomic E-state index is -0.734. The summed E-state index contributed by atoms with van der Waals surface area (Å²) < 4.78 is 9.47. The maximum atomic E-state index is 11.9. The Balaban J connectivity index is 1.92. The maximum absolute atomic E-state index is 11.9. The molecule has 2 aromatic carbocycles. The summed E-state index contributed by atoms with van der Waals surface area (Å²) in [4.78, 5) is 45.4. The van der Waals surface area contributed by atoms with Gasteiger partial charge in [-0.25, -0.2) is 9.59 Å². The van der Waals surface area contributed by atoms with Gasteiger partial charge in [-0.05, 0) is 42.8 Å². The van der Waals surface area contributed by atoms with Crippen molar-refractivity contribution in [1.29, 1.82) is 0 Å². The van der Waals surface area contributed by atoms with Crippen LogP contribution in [-0.4, -0.2) is 36.5 Å². The van der Waals surface area contributed by atoms with Crippen LogP contribution in [0.4, 0.5) is 11.4 Å². The number of nitrogens with one attached hydrogen (secondary N) is 1. The highest BCUT2D eigenvalue weighted by molar-refractivity contribution is 5.96. The van der Waals surface area contributed by atoms with E-state index in [4.69, 9.17) is 4.74 Å². The van der Waals surface area contributed by atoms with Crippen molar-refractivity contribution >= 4 is 29.2 Å². The largest absolute Gasteiger partial charge is 0.465 e. The first kappa shape index (κ1) is 19.6. The van der Waals surface area contributed by atoms with Crippen LogP contribution in [0.5, 0.6) is 0 Å². The smallest absolute Gasteiger partial charge is 0.338 e. The van der Waals surface area contributed by atoms with Gasteiger partial charge in [0.25, 0.3) is 11.6 Å². The second-order valence-electron chi connectivity index (χ2n) is 5.45. The van der Waals surface area contributed by atoms with Gasteiger partial charge in [0, 0.05) is 17.8 Å². The number of esters is 2. The van der Waals surface area contributed by atoms with E-state index in [1.165, 1.54) is 49.6 Å². The van der Waals surface area contributed by atoms with Gasteiger partial charge in [0.1, 0.15) is 0 Å². The summed E-state index contributed by atoms with van der Waals surface area (Å²) in [7, 11) is 1.25. The molecule has 0 aliphatic heterocycles. The standard InChI is InChI=1S/C18H16N2O7/c1-11-9-14(20(24)25)7-8-15(11)19-16(21)10-27-18(23)13-5-3-12(4-6-13)17(22)26-2/h3-9H,10H2,1-2H3,(H,19,21). The number of rotatable bonds is 6. The molecule has 0 saturated heterocycles. The Morgan fingerprint density at radius 2 is 1.63 bits per heavy atom. The molecule has 0 fully saturated rings. The molecule has 0 bridgehead atoms. The fourth-order valence-corrected chi connectivity index (χ4v) is 2.16. The summed E-state index contributed by atoms with van der Waals surface area (Å²) in [5, 5.41) is 13.2. The number of carbonyl (C=O) groups is 3. The van der Waals surface area contributed by atoms with Gasteiger partial charge in [-0.2, -0.15) is 0 Å². The van der Waals surface area contributed by atoms with Crippen LogP contribution >= 0.6 is 0 Å². The minimum absolute atomic E-state index is 0.0904. The van der Waals surface area contributed by atoms with E-state index < -0.39 is 29.4 Å². The van der Waals surface area contributed by atoms with E-state index in [-0.39, 0.29) is 16.8 Å². The molecule has 1 N–H and O–H groups in total. The molecule has 0 aromatic heterocycles. The van der Waals surface area contributed by atoms with Crippen molar-refractivity contribution in [3.05, 3.63) is 69.3 Å². The highest BCUT2D eigenvalue weighted by atomic mass is 16.6. The molecule has 1 amide bonds. The third kappa shape index (κ3) is 5.11. The van der Waals surface area contributed by atoms with Crippen molar-refractivity contribution in [3.63, 3.8) is 0 Å². The number of aryl methyl sites for hydroxylation is 1. The van der Waals surface area contributed by atoms with Crippen molar-refractivity contribution in [2.75, 3.05) is 19.0 Å². The number of nitro groups is 1. The monoisotopic (exact) mass is 372 g/mol. The number of ether oxygens (including phenoxy) is 2. The second-order valence-corrected chi connectivity index (χ2v) is 5.45. The van der Waals surface area contributed by atoms with Gasteiger partial charge in [-0.1, -0.05) is 0 Å². The summed E-state index contributed by atoms with van der Waals surface area (Å²) in [6, 6.07) is 9.56. The third-order valence-electron chi connectivity index (χ3n) is 3.57. The van der Waals surface area contributed by atoms with Crippen LogP contribution in [0, 0.1) is 17.0 Å². The Labute approximate surface area is 154 Å². The van der Waals surface area contributed by atoms with Crippen molar-refractivity contribution in [2.24, 2.45) is 0 Å². The minimum Gasteiger partial charge on any atom is -0.465 e. The molecule has 2 aromatic rings. The fourth-order valence-electron chi connectivity index (χ4n) is 2.16. The van der Waals surface area contributed by atoms with Crippen LogP contribution in [0.3, 0.4) is 0 Å². The number of methoxy groups -OCH3 is 1. The number of hydrogen-bond acceptors (Lipinski definition) is 7. The molecular formula is C18H16N2O7. The van der Waals surface area contributed by atoms with E-state index in [2.05, 4.69) is 10.1 Å². The van der Waals surface area contributed by atoms with Crippen LogP contribution in [0.15, 0.2) is 42.5 Å². The Hall–Kier alpha value is -3.75. The second kappa shape index (κ2) is 8.56. The van der Waals surface area contributed by atoms with Gasteiger partial charge in [0.2, 0.25) is 0 Å². The molecule has 9 heteroatoms. The Bertz CT molecular complexity index is 891. The van der Waals surface area contributed by atoms with Gasteiger partial charge in [-0.15, -0.1) is 0 Å². The van der Waals surface area contributed by atoms with Crippen LogP contribution in [0.1, 0.15) is 26.3 Å². The number of benzene rings is 2. The number of anilines is 1. The lowest BCUT2D eigenvalue weighted by atomic mass is 10.1. The molecule has 0 aliphatic rings. The lowest BCUT2D eigenvalue weighted by Crippen LogP contribution is -2.21. The van der Waals surface area contributed by atoms with Crippen LogP contribution in [0.25, 0.3) is 0 Å². The average Bonchev–Trinajstić information content (AvgIpc) is 2.67. The molecular weight excluding hydrogens is 356 g/mol. The van der Waals surface area contributed by atoms with E-state index in [0.29, 0.717) is 11.3 Å². The zero-order chi connectivity index (χ0) is 20.0. The number of non-ortho nitro benzene ring substituents is 1. The number of nitrogens with zero attached hydrogens (tertiary/aromatic N) is 1. The number of hydrogen-bond donors (Lipinski definition) is 1. The number of nitro benzene ring substituents is 1. The molecule has 0 atom stereocenters. The van der Waals surface area contributed by atoms with Crippen LogP contribution in [-0.2, 0) is 14.3 Å². The van der Waals surface area contributed by atoms with Crippen molar-refractivity contribution in [1.82, 2.24) is 0 Å². The first-order valence-electron chi connectivity index (χ1n) is 7.72. The zero-order valence-corrected chi connectivity index (χ0v) is 14.6. The summed E-state index contributed by atoms with van der Waals surface area (Å²) in [5.74, 6) is -1.86. The summed E-state index contributed by atoms with van der Waals surface area (Å²) in [6.07, 6.45) is 0. The fraction of sp³-hybridized carbons (Fsp3) is 0.167. The zero-order valence-electron chi connectivity index (χ0n) is 14.6. The molecule has 0 spiro atoms. The van der Waals surface area contributed by atoms with E-state index in [0.717, 1.165) is 0 Å². The van der Waals surface area contributed by atoms with Gasteiger partial charge in [0.15, 0.2) is 6.61 Å².